The third-order valence-electron chi connectivity index (χ3n) is 4.90. The number of sulfone groups is 1. The first-order valence-corrected chi connectivity index (χ1v) is 10.5. The van der Waals surface area contributed by atoms with Gasteiger partial charge in [0.25, 0.3) is 0 Å². The van der Waals surface area contributed by atoms with Gasteiger partial charge in [-0.25, -0.2) is 13.2 Å². The lowest BCUT2D eigenvalue weighted by atomic mass is 10.1. The van der Waals surface area contributed by atoms with Gasteiger partial charge in [0.05, 0.1) is 28.9 Å². The Labute approximate surface area is 153 Å². The van der Waals surface area contributed by atoms with Gasteiger partial charge < -0.3 is 10.2 Å². The lowest BCUT2D eigenvalue weighted by Crippen LogP contribution is -2.46. The Morgan fingerprint density at radius 1 is 1.27 bits per heavy atom. The number of nitrogens with zero attached hydrogens (tertiary/aromatic N) is 2. The highest BCUT2D eigenvalue weighted by Crippen LogP contribution is 2.23. The second kappa shape index (κ2) is 7.49. The van der Waals surface area contributed by atoms with E-state index in [2.05, 4.69) is 15.5 Å². The molecule has 1 aromatic heterocycles. The fourth-order valence-corrected chi connectivity index (χ4v) is 4.49. The van der Waals surface area contributed by atoms with Crippen molar-refractivity contribution in [3.8, 4) is 11.3 Å². The lowest BCUT2D eigenvalue weighted by Gasteiger charge is -2.29. The van der Waals surface area contributed by atoms with Crippen molar-refractivity contribution in [2.75, 3.05) is 18.6 Å². The Hall–Kier alpha value is -2.35. The van der Waals surface area contributed by atoms with Crippen molar-refractivity contribution >= 4 is 15.9 Å². The first-order chi connectivity index (χ1) is 12.4. The molecule has 0 bridgehead atoms. The summed E-state index contributed by atoms with van der Waals surface area (Å²) in [6, 6.07) is 11.3. The number of aromatic nitrogens is 2. The van der Waals surface area contributed by atoms with Crippen LogP contribution in [0.25, 0.3) is 11.3 Å². The standard InChI is InChI=1S/C18H24N4O3S/c1-13(16-12-17(21-20-16)14-6-4-3-5-7-14)22(2)18(23)19-15-8-10-26(24,25)11-9-15/h3-7,12-13,15H,8-11H2,1-2H3,(H,19,23)(H,20,21). The number of carbonyl (C=O) groups excluding carboxylic acids is 1. The maximum Gasteiger partial charge on any atom is 0.317 e. The Kier molecular flexibility index (Phi) is 5.31. The second-order valence-corrected chi connectivity index (χ2v) is 9.04. The van der Waals surface area contributed by atoms with Crippen LogP contribution in [0.3, 0.4) is 0 Å². The van der Waals surface area contributed by atoms with Crippen LogP contribution < -0.4 is 5.32 Å². The van der Waals surface area contributed by atoms with Crippen LogP contribution in [0.1, 0.15) is 31.5 Å². The summed E-state index contributed by atoms with van der Waals surface area (Å²) in [6.07, 6.45) is 0.941. The molecular weight excluding hydrogens is 352 g/mol. The molecule has 3 rings (SSSR count). The van der Waals surface area contributed by atoms with Crippen LogP contribution in [0.2, 0.25) is 0 Å². The van der Waals surface area contributed by atoms with Gasteiger partial charge in [-0.15, -0.1) is 0 Å². The summed E-state index contributed by atoms with van der Waals surface area (Å²) in [5, 5.41) is 10.3. The van der Waals surface area contributed by atoms with E-state index in [4.69, 9.17) is 0 Å². The highest BCUT2D eigenvalue weighted by Gasteiger charge is 2.27. The first kappa shape index (κ1) is 18.4. The molecule has 8 heteroatoms. The molecule has 7 nitrogen and oxygen atoms in total. The summed E-state index contributed by atoms with van der Waals surface area (Å²) in [5.74, 6) is 0.274. The van der Waals surface area contributed by atoms with Crippen LogP contribution in [0.4, 0.5) is 4.79 Å². The van der Waals surface area contributed by atoms with Gasteiger partial charge in [0.2, 0.25) is 0 Å². The van der Waals surface area contributed by atoms with E-state index in [1.54, 1.807) is 11.9 Å². The fraction of sp³-hybridized carbons (Fsp3) is 0.444. The number of aromatic amines is 1. The van der Waals surface area contributed by atoms with Crippen LogP contribution >= 0.6 is 0 Å². The number of H-pyrrole nitrogens is 1. The number of hydrogen-bond donors (Lipinski definition) is 2. The van der Waals surface area contributed by atoms with Crippen molar-refractivity contribution in [2.24, 2.45) is 0 Å². The van der Waals surface area contributed by atoms with Gasteiger partial charge in [-0.3, -0.25) is 5.10 Å². The van der Waals surface area contributed by atoms with Gasteiger partial charge in [0.1, 0.15) is 9.84 Å². The summed E-state index contributed by atoms with van der Waals surface area (Å²) in [5.41, 5.74) is 2.68. The van der Waals surface area contributed by atoms with E-state index in [0.29, 0.717) is 12.8 Å². The Bertz CT molecular complexity index is 850. The zero-order valence-corrected chi connectivity index (χ0v) is 15.8. The molecule has 2 heterocycles. The maximum absolute atomic E-state index is 12.5. The minimum atomic E-state index is -2.93. The Morgan fingerprint density at radius 3 is 2.58 bits per heavy atom. The number of rotatable bonds is 4. The molecule has 0 aliphatic carbocycles. The molecule has 1 aliphatic rings. The lowest BCUT2D eigenvalue weighted by molar-refractivity contribution is 0.188. The molecule has 2 amide bonds. The number of hydrogen-bond acceptors (Lipinski definition) is 4. The minimum absolute atomic E-state index is 0.0951. The zero-order valence-electron chi connectivity index (χ0n) is 15.0. The molecular formula is C18H24N4O3S. The van der Waals surface area contributed by atoms with E-state index in [-0.39, 0.29) is 29.6 Å². The molecule has 26 heavy (non-hydrogen) atoms. The van der Waals surface area contributed by atoms with E-state index in [1.807, 2.05) is 43.3 Å². The summed E-state index contributed by atoms with van der Waals surface area (Å²) >= 11 is 0. The van der Waals surface area contributed by atoms with Crippen LogP contribution in [0.15, 0.2) is 36.4 Å². The van der Waals surface area contributed by atoms with Gasteiger partial charge in [-0.2, -0.15) is 5.10 Å². The normalized spacial score (nSPS) is 18.2. The second-order valence-electron chi connectivity index (χ2n) is 6.74. The van der Waals surface area contributed by atoms with E-state index < -0.39 is 9.84 Å². The molecule has 0 saturated carbocycles. The first-order valence-electron chi connectivity index (χ1n) is 8.70. The smallest absolute Gasteiger partial charge is 0.317 e. The third-order valence-corrected chi connectivity index (χ3v) is 6.62. The van der Waals surface area contributed by atoms with Crippen LogP contribution in [-0.4, -0.2) is 54.1 Å². The molecule has 0 radical (unpaired) electrons. The molecule has 1 atom stereocenters. The topological polar surface area (TPSA) is 95.2 Å². The van der Waals surface area contributed by atoms with Crippen molar-refractivity contribution in [1.82, 2.24) is 20.4 Å². The molecule has 1 aromatic carbocycles. The predicted molar refractivity (Wildman–Crippen MR) is 100 cm³/mol. The minimum Gasteiger partial charge on any atom is -0.335 e. The van der Waals surface area contributed by atoms with Crippen LogP contribution in [0.5, 0.6) is 0 Å². The van der Waals surface area contributed by atoms with E-state index in [1.165, 1.54) is 0 Å². The average Bonchev–Trinajstić information content (AvgIpc) is 3.13. The highest BCUT2D eigenvalue weighted by atomic mass is 32.2. The molecule has 1 fully saturated rings. The van der Waals surface area contributed by atoms with E-state index >= 15 is 0 Å². The number of benzene rings is 1. The molecule has 2 aromatic rings. The van der Waals surface area contributed by atoms with Gasteiger partial charge in [-0.05, 0) is 25.8 Å². The van der Waals surface area contributed by atoms with Crippen molar-refractivity contribution in [3.05, 3.63) is 42.1 Å². The molecule has 1 saturated heterocycles. The van der Waals surface area contributed by atoms with Crippen LogP contribution in [-0.2, 0) is 9.84 Å². The largest absolute Gasteiger partial charge is 0.335 e. The average molecular weight is 376 g/mol. The maximum atomic E-state index is 12.5. The zero-order chi connectivity index (χ0) is 18.7. The number of nitrogens with one attached hydrogen (secondary N) is 2. The van der Waals surface area contributed by atoms with Crippen molar-refractivity contribution in [2.45, 2.75) is 31.8 Å². The van der Waals surface area contributed by atoms with Crippen LogP contribution in [0, 0.1) is 0 Å². The molecule has 2 N–H and O–H groups in total. The predicted octanol–water partition coefficient (Wildman–Crippen LogP) is 2.36. The van der Waals surface area contributed by atoms with Gasteiger partial charge >= 0.3 is 6.03 Å². The molecule has 1 aliphatic heterocycles. The third kappa shape index (κ3) is 4.24. The van der Waals surface area contributed by atoms with Gasteiger partial charge in [0.15, 0.2) is 0 Å². The fourth-order valence-electron chi connectivity index (χ4n) is 3.00. The molecule has 140 valence electrons. The number of amides is 2. The quantitative estimate of drug-likeness (QED) is 0.856. The van der Waals surface area contributed by atoms with Gasteiger partial charge in [-0.1, -0.05) is 30.3 Å². The number of carbonyl (C=O) groups is 1. The Balaban J connectivity index is 1.61. The molecule has 0 spiro atoms. The highest BCUT2D eigenvalue weighted by molar-refractivity contribution is 7.91. The van der Waals surface area contributed by atoms with Crippen molar-refractivity contribution in [1.29, 1.82) is 0 Å². The number of urea groups is 1. The summed E-state index contributed by atoms with van der Waals surface area (Å²) in [6.45, 7) is 1.92. The summed E-state index contributed by atoms with van der Waals surface area (Å²) < 4.78 is 23.0. The summed E-state index contributed by atoms with van der Waals surface area (Å²) in [7, 11) is -1.21. The SMILES string of the molecule is CC(c1cc(-c2ccccc2)n[nH]1)N(C)C(=O)NC1CCS(=O)(=O)CC1. The van der Waals surface area contributed by atoms with Crippen molar-refractivity contribution in [3.63, 3.8) is 0 Å². The van der Waals surface area contributed by atoms with E-state index in [0.717, 1.165) is 17.0 Å². The molecule has 1 unspecified atom stereocenters. The van der Waals surface area contributed by atoms with E-state index in [9.17, 15) is 13.2 Å². The van der Waals surface area contributed by atoms with Gasteiger partial charge in [0, 0.05) is 18.7 Å². The van der Waals surface area contributed by atoms with Crippen molar-refractivity contribution < 1.29 is 13.2 Å². The monoisotopic (exact) mass is 376 g/mol. The Morgan fingerprint density at radius 2 is 1.92 bits per heavy atom. The summed E-state index contributed by atoms with van der Waals surface area (Å²) in [4.78, 5) is 14.1.